The van der Waals surface area contributed by atoms with Gasteiger partial charge in [-0.15, -0.1) is 11.3 Å². The lowest BCUT2D eigenvalue weighted by molar-refractivity contribution is 0.671. The summed E-state index contributed by atoms with van der Waals surface area (Å²) in [5, 5.41) is 7.19. The molecule has 0 N–H and O–H groups in total. The molecule has 0 bridgehead atoms. The van der Waals surface area contributed by atoms with Gasteiger partial charge in [-0.2, -0.15) is 0 Å². The van der Waals surface area contributed by atoms with E-state index in [-0.39, 0.29) is 0 Å². The molecule has 4 aromatic heterocycles. The standard InChI is InChI=1S/C45H26N4OS/c1-3-14-27(15-4-1)43-46-44(28-16-5-2-6-17-28)48-45(47-43)29-18-13-19-30(26-29)49-34-23-10-7-20-31(34)39-40(49)41-37(32-21-8-11-24-35(32)50-41)38-33-22-9-12-25-36(33)51-42(38)39/h1-26H. The zero-order valence-electron chi connectivity index (χ0n) is 27.1. The van der Waals surface area contributed by atoms with E-state index in [9.17, 15) is 0 Å². The summed E-state index contributed by atoms with van der Waals surface area (Å²) in [6.45, 7) is 0. The second kappa shape index (κ2) is 10.9. The fraction of sp³-hybridized carbons (Fsp3) is 0. The summed E-state index contributed by atoms with van der Waals surface area (Å²) in [5.74, 6) is 1.89. The Morgan fingerprint density at radius 3 is 1.80 bits per heavy atom. The Morgan fingerprint density at radius 2 is 1.06 bits per heavy atom. The van der Waals surface area contributed by atoms with E-state index in [2.05, 4.69) is 95.6 Å². The molecule has 0 amide bonds. The fourth-order valence-corrected chi connectivity index (χ4v) is 8.87. The van der Waals surface area contributed by atoms with Gasteiger partial charge in [-0.1, -0.05) is 127 Å². The summed E-state index contributed by atoms with van der Waals surface area (Å²) in [7, 11) is 0. The quantitative estimate of drug-likeness (QED) is 0.187. The van der Waals surface area contributed by atoms with Crippen molar-refractivity contribution < 1.29 is 4.42 Å². The Morgan fingerprint density at radius 1 is 0.471 bits per heavy atom. The Balaban J connectivity index is 1.23. The first kappa shape index (κ1) is 28.2. The number of furan rings is 1. The highest BCUT2D eigenvalue weighted by atomic mass is 32.1. The molecular formula is C45H26N4OS. The number of para-hydroxylation sites is 2. The minimum Gasteiger partial charge on any atom is -0.454 e. The summed E-state index contributed by atoms with van der Waals surface area (Å²) in [6.07, 6.45) is 0. The number of rotatable bonds is 4. The van der Waals surface area contributed by atoms with Crippen molar-refractivity contribution in [3.8, 4) is 39.9 Å². The van der Waals surface area contributed by atoms with Gasteiger partial charge in [0.1, 0.15) is 5.58 Å². The monoisotopic (exact) mass is 670 g/mol. The van der Waals surface area contributed by atoms with Crippen molar-refractivity contribution in [2.45, 2.75) is 0 Å². The van der Waals surface area contributed by atoms with E-state index in [0.29, 0.717) is 17.5 Å². The highest BCUT2D eigenvalue weighted by molar-refractivity contribution is 7.27. The van der Waals surface area contributed by atoms with Crippen LogP contribution in [0.1, 0.15) is 0 Å². The van der Waals surface area contributed by atoms with Crippen molar-refractivity contribution in [3.05, 3.63) is 158 Å². The van der Waals surface area contributed by atoms with Crippen LogP contribution < -0.4 is 0 Å². The molecule has 11 aromatic rings. The van der Waals surface area contributed by atoms with Crippen LogP contribution in [0.5, 0.6) is 0 Å². The third-order valence-electron chi connectivity index (χ3n) is 9.82. The summed E-state index contributed by atoms with van der Waals surface area (Å²) in [6, 6.07) is 54.5. The van der Waals surface area contributed by atoms with Gasteiger partial charge in [0, 0.05) is 64.1 Å². The maximum Gasteiger partial charge on any atom is 0.164 e. The van der Waals surface area contributed by atoms with Gasteiger partial charge < -0.3 is 8.98 Å². The van der Waals surface area contributed by atoms with Crippen LogP contribution in [0.3, 0.4) is 0 Å². The van der Waals surface area contributed by atoms with Crippen LogP contribution in [-0.2, 0) is 0 Å². The molecule has 0 aliphatic heterocycles. The molecule has 6 heteroatoms. The predicted molar refractivity (Wildman–Crippen MR) is 211 cm³/mol. The molecule has 0 fully saturated rings. The van der Waals surface area contributed by atoms with Crippen molar-refractivity contribution in [1.82, 2.24) is 19.5 Å². The third-order valence-corrected chi connectivity index (χ3v) is 11.0. The molecule has 5 nitrogen and oxygen atoms in total. The molecule has 7 aromatic carbocycles. The van der Waals surface area contributed by atoms with Crippen LogP contribution in [0.15, 0.2) is 162 Å². The van der Waals surface area contributed by atoms with Crippen molar-refractivity contribution in [2.75, 3.05) is 0 Å². The molecule has 0 aliphatic carbocycles. The van der Waals surface area contributed by atoms with Gasteiger partial charge in [0.15, 0.2) is 23.1 Å². The summed E-state index contributed by atoms with van der Waals surface area (Å²) < 4.78 is 11.8. The third kappa shape index (κ3) is 4.24. The topological polar surface area (TPSA) is 56.7 Å². The molecular weight excluding hydrogens is 645 g/mol. The smallest absolute Gasteiger partial charge is 0.164 e. The number of hydrogen-bond donors (Lipinski definition) is 0. The lowest BCUT2D eigenvalue weighted by Crippen LogP contribution is -2.01. The largest absolute Gasteiger partial charge is 0.454 e. The van der Waals surface area contributed by atoms with E-state index in [0.717, 1.165) is 55.3 Å². The van der Waals surface area contributed by atoms with Gasteiger partial charge in [0.25, 0.3) is 0 Å². The molecule has 0 spiro atoms. The lowest BCUT2D eigenvalue weighted by atomic mass is 10.0. The molecule has 0 saturated heterocycles. The summed E-state index contributed by atoms with van der Waals surface area (Å²) >= 11 is 1.86. The maximum absolute atomic E-state index is 6.88. The maximum atomic E-state index is 6.88. The highest BCUT2D eigenvalue weighted by Crippen LogP contribution is 2.50. The normalized spacial score (nSPS) is 11.9. The van der Waals surface area contributed by atoms with E-state index in [1.165, 1.54) is 30.9 Å². The van der Waals surface area contributed by atoms with E-state index in [1.54, 1.807) is 0 Å². The Hall–Kier alpha value is -6.63. The molecule has 0 radical (unpaired) electrons. The minimum atomic E-state index is 0.617. The molecule has 0 atom stereocenters. The molecule has 0 unspecified atom stereocenters. The van der Waals surface area contributed by atoms with Gasteiger partial charge in [0.05, 0.1) is 11.0 Å². The van der Waals surface area contributed by atoms with Gasteiger partial charge in [-0.05, 0) is 30.3 Å². The van der Waals surface area contributed by atoms with Crippen LogP contribution >= 0.6 is 11.3 Å². The average Bonchev–Trinajstić information content (AvgIpc) is 3.88. The van der Waals surface area contributed by atoms with Gasteiger partial charge in [-0.3, -0.25) is 0 Å². The molecule has 4 heterocycles. The zero-order chi connectivity index (χ0) is 33.5. The number of thiophene rings is 1. The van der Waals surface area contributed by atoms with E-state index in [1.807, 2.05) is 78.1 Å². The number of aromatic nitrogens is 4. The number of benzene rings is 7. The SMILES string of the molecule is c1ccc(-c2nc(-c3ccccc3)nc(-c3cccc(-n4c5ccccc5c5c6sc7ccccc7c6c6c7ccccc7oc6c54)c3)n2)cc1. The number of hydrogen-bond acceptors (Lipinski definition) is 5. The first-order valence-electron chi connectivity index (χ1n) is 17.0. The van der Waals surface area contributed by atoms with Crippen molar-refractivity contribution in [1.29, 1.82) is 0 Å². The van der Waals surface area contributed by atoms with Crippen molar-refractivity contribution in [3.63, 3.8) is 0 Å². The van der Waals surface area contributed by atoms with Crippen LogP contribution in [-0.4, -0.2) is 19.5 Å². The molecule has 51 heavy (non-hydrogen) atoms. The Labute approximate surface area is 295 Å². The van der Waals surface area contributed by atoms with Crippen LogP contribution in [0, 0.1) is 0 Å². The van der Waals surface area contributed by atoms with E-state index in [4.69, 9.17) is 19.4 Å². The molecule has 11 rings (SSSR count). The fourth-order valence-electron chi connectivity index (χ4n) is 7.60. The molecule has 0 aliphatic rings. The second-order valence-corrected chi connectivity index (χ2v) is 13.8. The van der Waals surface area contributed by atoms with E-state index < -0.39 is 0 Å². The van der Waals surface area contributed by atoms with Crippen LogP contribution in [0.2, 0.25) is 0 Å². The lowest BCUT2D eigenvalue weighted by Gasteiger charge is -2.12. The van der Waals surface area contributed by atoms with Crippen molar-refractivity contribution >= 4 is 75.3 Å². The van der Waals surface area contributed by atoms with Crippen LogP contribution in [0.4, 0.5) is 0 Å². The van der Waals surface area contributed by atoms with Crippen molar-refractivity contribution in [2.24, 2.45) is 0 Å². The number of nitrogens with zero attached hydrogens (tertiary/aromatic N) is 4. The van der Waals surface area contributed by atoms with Gasteiger partial charge in [0.2, 0.25) is 0 Å². The van der Waals surface area contributed by atoms with Crippen LogP contribution in [0.25, 0.3) is 104 Å². The zero-order valence-corrected chi connectivity index (χ0v) is 27.9. The first-order chi connectivity index (χ1) is 25.3. The summed E-state index contributed by atoms with van der Waals surface area (Å²) in [5.41, 5.74) is 7.73. The van der Waals surface area contributed by atoms with Gasteiger partial charge in [-0.25, -0.2) is 15.0 Å². The summed E-state index contributed by atoms with van der Waals surface area (Å²) in [4.78, 5) is 15.0. The molecule has 0 saturated carbocycles. The van der Waals surface area contributed by atoms with Gasteiger partial charge >= 0.3 is 0 Å². The predicted octanol–water partition coefficient (Wildman–Crippen LogP) is 12.2. The Kier molecular flexibility index (Phi) is 6.05. The molecule has 238 valence electrons. The first-order valence-corrected chi connectivity index (χ1v) is 17.8. The number of fused-ring (bicyclic) bond motifs is 12. The minimum absolute atomic E-state index is 0.617. The second-order valence-electron chi connectivity index (χ2n) is 12.8. The van der Waals surface area contributed by atoms with E-state index >= 15 is 0 Å². The highest BCUT2D eigenvalue weighted by Gasteiger charge is 2.25. The average molecular weight is 671 g/mol. The Bertz CT molecular complexity index is 3080.